The fourth-order valence-corrected chi connectivity index (χ4v) is 1.63. The lowest BCUT2D eigenvalue weighted by molar-refractivity contribution is -0.121. The van der Waals surface area contributed by atoms with E-state index < -0.39 is 5.54 Å². The van der Waals surface area contributed by atoms with Crippen molar-refractivity contribution in [3.63, 3.8) is 0 Å². The molecule has 86 valence electrons. The van der Waals surface area contributed by atoms with Crippen LogP contribution in [-0.2, 0) is 11.2 Å². The molecule has 1 aromatic carbocycles. The molecule has 1 aliphatic rings. The molecule has 1 aromatic rings. The van der Waals surface area contributed by atoms with Crippen LogP contribution in [0.2, 0.25) is 0 Å². The monoisotopic (exact) mass is 223 g/mol. The first-order chi connectivity index (χ1) is 7.65. The van der Waals surface area contributed by atoms with Crippen molar-refractivity contribution in [3.05, 3.63) is 35.6 Å². The number of halogens is 1. The van der Waals surface area contributed by atoms with Gasteiger partial charge >= 0.3 is 0 Å². The van der Waals surface area contributed by atoms with Crippen LogP contribution < -0.4 is 5.32 Å². The van der Waals surface area contributed by atoms with Gasteiger partial charge in [-0.3, -0.25) is 4.79 Å². The van der Waals surface area contributed by atoms with Gasteiger partial charge in [-0.25, -0.2) is 4.39 Å². The summed E-state index contributed by atoms with van der Waals surface area (Å²) in [4.78, 5) is 11.6. The van der Waals surface area contributed by atoms with Crippen molar-refractivity contribution in [3.8, 4) is 0 Å². The molecule has 1 aliphatic carbocycles. The van der Waals surface area contributed by atoms with Crippen molar-refractivity contribution in [2.75, 3.05) is 6.61 Å². The molecule has 3 nitrogen and oxygen atoms in total. The second kappa shape index (κ2) is 4.22. The van der Waals surface area contributed by atoms with Crippen LogP contribution in [0.1, 0.15) is 18.4 Å². The minimum Gasteiger partial charge on any atom is -0.394 e. The van der Waals surface area contributed by atoms with Gasteiger partial charge in [0.05, 0.1) is 18.6 Å². The molecule has 4 heteroatoms. The van der Waals surface area contributed by atoms with Gasteiger partial charge in [0.15, 0.2) is 0 Å². The number of benzene rings is 1. The van der Waals surface area contributed by atoms with E-state index in [1.54, 1.807) is 18.2 Å². The number of nitrogens with one attached hydrogen (secondary N) is 1. The van der Waals surface area contributed by atoms with Gasteiger partial charge in [0, 0.05) is 0 Å². The highest BCUT2D eigenvalue weighted by Crippen LogP contribution is 2.34. The van der Waals surface area contributed by atoms with E-state index in [4.69, 9.17) is 5.11 Å². The van der Waals surface area contributed by atoms with E-state index in [2.05, 4.69) is 5.32 Å². The molecule has 1 fully saturated rings. The number of rotatable bonds is 4. The van der Waals surface area contributed by atoms with Crippen molar-refractivity contribution in [1.29, 1.82) is 0 Å². The van der Waals surface area contributed by atoms with Gasteiger partial charge in [0.1, 0.15) is 5.82 Å². The van der Waals surface area contributed by atoms with Gasteiger partial charge in [0.2, 0.25) is 5.91 Å². The third-order valence-electron chi connectivity index (χ3n) is 2.87. The smallest absolute Gasteiger partial charge is 0.225 e. The average Bonchev–Trinajstić information content (AvgIpc) is 3.02. The van der Waals surface area contributed by atoms with E-state index in [1.807, 2.05) is 0 Å². The number of amides is 1. The molecule has 0 aromatic heterocycles. The largest absolute Gasteiger partial charge is 0.394 e. The van der Waals surface area contributed by atoms with Gasteiger partial charge < -0.3 is 10.4 Å². The van der Waals surface area contributed by atoms with Crippen LogP contribution in [0.15, 0.2) is 24.3 Å². The maximum Gasteiger partial charge on any atom is 0.225 e. The molecule has 0 heterocycles. The van der Waals surface area contributed by atoms with Crippen LogP contribution in [0.4, 0.5) is 4.39 Å². The Morgan fingerprint density at radius 3 is 2.69 bits per heavy atom. The van der Waals surface area contributed by atoms with Crippen molar-refractivity contribution in [1.82, 2.24) is 5.32 Å². The third kappa shape index (κ3) is 2.39. The SMILES string of the molecule is O=C(Cc1ccccc1F)NC1(CO)CC1. The van der Waals surface area contributed by atoms with Crippen LogP contribution in [0.3, 0.4) is 0 Å². The molecular formula is C12H14FNO2. The summed E-state index contributed by atoms with van der Waals surface area (Å²) in [5.74, 6) is -0.608. The number of aliphatic hydroxyl groups is 1. The van der Waals surface area contributed by atoms with Gasteiger partial charge in [-0.2, -0.15) is 0 Å². The Hall–Kier alpha value is -1.42. The van der Waals surface area contributed by atoms with E-state index in [9.17, 15) is 9.18 Å². The molecule has 0 unspecified atom stereocenters. The zero-order chi connectivity index (χ0) is 11.6. The fourth-order valence-electron chi connectivity index (χ4n) is 1.63. The number of carbonyl (C=O) groups excluding carboxylic acids is 1. The Balaban J connectivity index is 1.95. The molecule has 1 amide bonds. The topological polar surface area (TPSA) is 49.3 Å². The van der Waals surface area contributed by atoms with Crippen LogP contribution in [0.5, 0.6) is 0 Å². The Labute approximate surface area is 93.3 Å². The first-order valence-corrected chi connectivity index (χ1v) is 5.30. The van der Waals surface area contributed by atoms with Crippen molar-refractivity contribution in [2.24, 2.45) is 0 Å². The third-order valence-corrected chi connectivity index (χ3v) is 2.87. The van der Waals surface area contributed by atoms with E-state index in [-0.39, 0.29) is 24.8 Å². The average molecular weight is 223 g/mol. The second-order valence-corrected chi connectivity index (χ2v) is 4.25. The van der Waals surface area contributed by atoms with Crippen LogP contribution in [0.25, 0.3) is 0 Å². The van der Waals surface area contributed by atoms with Gasteiger partial charge in [0.25, 0.3) is 0 Å². The highest BCUT2D eigenvalue weighted by molar-refractivity contribution is 5.79. The summed E-state index contributed by atoms with van der Waals surface area (Å²) in [6.45, 7) is -0.0456. The summed E-state index contributed by atoms with van der Waals surface area (Å²) < 4.78 is 13.3. The minimum absolute atomic E-state index is 0.0222. The zero-order valence-corrected chi connectivity index (χ0v) is 8.87. The minimum atomic E-state index is -0.428. The quantitative estimate of drug-likeness (QED) is 0.800. The summed E-state index contributed by atoms with van der Waals surface area (Å²) in [6.07, 6.45) is 1.62. The Morgan fingerprint density at radius 2 is 2.12 bits per heavy atom. The molecule has 0 aliphatic heterocycles. The van der Waals surface area contributed by atoms with E-state index in [0.29, 0.717) is 5.56 Å². The summed E-state index contributed by atoms with van der Waals surface area (Å²) in [5, 5.41) is 11.8. The molecule has 0 radical (unpaired) electrons. The first kappa shape index (κ1) is 11.1. The number of aliphatic hydroxyl groups excluding tert-OH is 1. The Bertz CT molecular complexity index is 402. The molecular weight excluding hydrogens is 209 g/mol. The first-order valence-electron chi connectivity index (χ1n) is 5.30. The second-order valence-electron chi connectivity index (χ2n) is 4.25. The lowest BCUT2D eigenvalue weighted by atomic mass is 10.1. The lowest BCUT2D eigenvalue weighted by Crippen LogP contribution is -2.40. The number of hydrogen-bond donors (Lipinski definition) is 2. The normalized spacial score (nSPS) is 16.9. The molecule has 1 saturated carbocycles. The predicted octanol–water partition coefficient (Wildman–Crippen LogP) is 1.01. The molecule has 0 spiro atoms. The Morgan fingerprint density at radius 1 is 1.44 bits per heavy atom. The van der Waals surface area contributed by atoms with Gasteiger partial charge in [-0.15, -0.1) is 0 Å². The molecule has 2 rings (SSSR count). The summed E-state index contributed by atoms with van der Waals surface area (Å²) >= 11 is 0. The molecule has 2 N–H and O–H groups in total. The van der Waals surface area contributed by atoms with Gasteiger partial charge in [-0.1, -0.05) is 18.2 Å². The lowest BCUT2D eigenvalue weighted by Gasteiger charge is -2.14. The van der Waals surface area contributed by atoms with Crippen LogP contribution in [0, 0.1) is 5.82 Å². The number of hydrogen-bond acceptors (Lipinski definition) is 2. The highest BCUT2D eigenvalue weighted by Gasteiger charge is 2.43. The molecule has 16 heavy (non-hydrogen) atoms. The van der Waals surface area contributed by atoms with E-state index in [0.717, 1.165) is 12.8 Å². The fraction of sp³-hybridized carbons (Fsp3) is 0.417. The van der Waals surface area contributed by atoms with Crippen LogP contribution in [-0.4, -0.2) is 23.2 Å². The predicted molar refractivity (Wildman–Crippen MR) is 57.3 cm³/mol. The molecule has 0 bridgehead atoms. The van der Waals surface area contributed by atoms with Crippen LogP contribution >= 0.6 is 0 Å². The number of carbonyl (C=O) groups is 1. The highest BCUT2D eigenvalue weighted by atomic mass is 19.1. The molecule has 0 atom stereocenters. The maximum atomic E-state index is 13.3. The zero-order valence-electron chi connectivity index (χ0n) is 8.87. The summed E-state index contributed by atoms with van der Waals surface area (Å²) in [6, 6.07) is 6.21. The van der Waals surface area contributed by atoms with Gasteiger partial charge in [-0.05, 0) is 24.5 Å². The maximum absolute atomic E-state index is 13.3. The van der Waals surface area contributed by atoms with Crippen molar-refractivity contribution < 1.29 is 14.3 Å². The summed E-state index contributed by atoms with van der Waals surface area (Å²) in [5.41, 5.74) is -0.0451. The van der Waals surface area contributed by atoms with E-state index >= 15 is 0 Å². The van der Waals surface area contributed by atoms with E-state index in [1.165, 1.54) is 6.07 Å². The van der Waals surface area contributed by atoms with Crippen molar-refractivity contribution in [2.45, 2.75) is 24.8 Å². The summed E-state index contributed by atoms with van der Waals surface area (Å²) in [7, 11) is 0. The molecule has 0 saturated heterocycles. The van der Waals surface area contributed by atoms with Crippen molar-refractivity contribution >= 4 is 5.91 Å². The standard InChI is InChI=1S/C12H14FNO2/c13-10-4-2-1-3-9(10)7-11(16)14-12(8-15)5-6-12/h1-4,15H,5-8H2,(H,14,16). The Kier molecular flexibility index (Phi) is 2.92.